The third kappa shape index (κ3) is 2.79. The van der Waals surface area contributed by atoms with Crippen LogP contribution in [-0.2, 0) is 0 Å². The van der Waals surface area contributed by atoms with Gasteiger partial charge in [-0.3, -0.25) is 9.48 Å². The maximum Gasteiger partial charge on any atom is 0.261 e. The molecule has 4 nitrogen and oxygen atoms in total. The fourth-order valence-electron chi connectivity index (χ4n) is 1.91. The first-order valence-corrected chi connectivity index (χ1v) is 6.80. The minimum absolute atomic E-state index is 0.0154. The molecular formula is C13H17N3OS. The van der Waals surface area contributed by atoms with Crippen LogP contribution in [0, 0.1) is 13.8 Å². The Morgan fingerprint density at radius 3 is 2.89 bits per heavy atom. The predicted molar refractivity (Wildman–Crippen MR) is 73.1 cm³/mol. The number of aryl methyl sites for hydroxylation is 2. The SMILES string of the molecule is Cc1cc(C)n([C@H](C)CNC(=O)c2cccs2)n1. The van der Waals surface area contributed by atoms with E-state index in [0.717, 1.165) is 16.3 Å². The van der Waals surface area contributed by atoms with Crippen LogP contribution < -0.4 is 5.32 Å². The molecule has 0 aromatic carbocycles. The van der Waals surface area contributed by atoms with Gasteiger partial charge in [0, 0.05) is 12.2 Å². The van der Waals surface area contributed by atoms with E-state index in [1.165, 1.54) is 11.3 Å². The number of nitrogens with zero attached hydrogens (tertiary/aromatic N) is 2. The Labute approximate surface area is 111 Å². The molecule has 2 rings (SSSR count). The molecule has 2 aromatic rings. The molecule has 0 aliphatic heterocycles. The lowest BCUT2D eigenvalue weighted by Crippen LogP contribution is -2.29. The average Bonchev–Trinajstić information content (AvgIpc) is 2.95. The molecule has 0 unspecified atom stereocenters. The summed E-state index contributed by atoms with van der Waals surface area (Å²) in [5.74, 6) is -0.0154. The van der Waals surface area contributed by atoms with Crippen molar-refractivity contribution in [3.05, 3.63) is 39.8 Å². The largest absolute Gasteiger partial charge is 0.349 e. The molecule has 0 saturated carbocycles. The highest BCUT2D eigenvalue weighted by molar-refractivity contribution is 7.12. The second kappa shape index (κ2) is 5.35. The van der Waals surface area contributed by atoms with E-state index >= 15 is 0 Å². The molecule has 0 spiro atoms. The summed E-state index contributed by atoms with van der Waals surface area (Å²) < 4.78 is 1.95. The molecule has 0 bridgehead atoms. The lowest BCUT2D eigenvalue weighted by Gasteiger charge is -2.14. The quantitative estimate of drug-likeness (QED) is 0.921. The summed E-state index contributed by atoms with van der Waals surface area (Å²) in [6, 6.07) is 5.90. The minimum Gasteiger partial charge on any atom is -0.349 e. The topological polar surface area (TPSA) is 46.9 Å². The Balaban J connectivity index is 1.94. The number of aromatic nitrogens is 2. The fourth-order valence-corrected chi connectivity index (χ4v) is 2.55. The van der Waals surface area contributed by atoms with Crippen molar-refractivity contribution in [1.29, 1.82) is 0 Å². The third-order valence-corrected chi connectivity index (χ3v) is 3.63. The lowest BCUT2D eigenvalue weighted by molar-refractivity contribution is 0.0952. The molecule has 0 radical (unpaired) electrons. The molecule has 96 valence electrons. The zero-order valence-electron chi connectivity index (χ0n) is 10.8. The predicted octanol–water partition coefficient (Wildman–Crippen LogP) is 2.55. The number of amides is 1. The number of carbonyl (C=O) groups is 1. The van der Waals surface area contributed by atoms with Crippen LogP contribution in [0.3, 0.4) is 0 Å². The molecule has 0 aliphatic carbocycles. The van der Waals surface area contributed by atoms with Gasteiger partial charge in [0.15, 0.2) is 0 Å². The van der Waals surface area contributed by atoms with E-state index in [2.05, 4.69) is 10.4 Å². The summed E-state index contributed by atoms with van der Waals surface area (Å²) in [5, 5.41) is 9.25. The van der Waals surface area contributed by atoms with E-state index < -0.39 is 0 Å². The maximum atomic E-state index is 11.8. The summed E-state index contributed by atoms with van der Waals surface area (Å²) in [6.45, 7) is 6.63. The Kier molecular flexibility index (Phi) is 3.81. The molecule has 2 aromatic heterocycles. The molecule has 1 amide bonds. The Morgan fingerprint density at radius 2 is 2.33 bits per heavy atom. The van der Waals surface area contributed by atoms with Crippen LogP contribution in [0.2, 0.25) is 0 Å². The molecular weight excluding hydrogens is 246 g/mol. The Morgan fingerprint density at radius 1 is 1.56 bits per heavy atom. The average molecular weight is 263 g/mol. The molecule has 1 N–H and O–H groups in total. The number of carbonyl (C=O) groups excluding carboxylic acids is 1. The number of hydrogen-bond acceptors (Lipinski definition) is 3. The number of rotatable bonds is 4. The van der Waals surface area contributed by atoms with Gasteiger partial charge in [-0.25, -0.2) is 0 Å². The third-order valence-electron chi connectivity index (χ3n) is 2.77. The van der Waals surface area contributed by atoms with Crippen LogP contribution in [0.25, 0.3) is 0 Å². The standard InChI is InChI=1S/C13H17N3OS/c1-9-7-10(2)16(15-9)11(3)8-14-13(17)12-5-4-6-18-12/h4-7,11H,8H2,1-3H3,(H,14,17)/t11-/m1/s1. The van der Waals surface area contributed by atoms with Crippen LogP contribution >= 0.6 is 11.3 Å². The van der Waals surface area contributed by atoms with Crippen LogP contribution in [0.15, 0.2) is 23.6 Å². The van der Waals surface area contributed by atoms with Crippen molar-refractivity contribution in [2.24, 2.45) is 0 Å². The van der Waals surface area contributed by atoms with E-state index in [-0.39, 0.29) is 11.9 Å². The molecule has 0 fully saturated rings. The fraction of sp³-hybridized carbons (Fsp3) is 0.385. The maximum absolute atomic E-state index is 11.8. The summed E-state index contributed by atoms with van der Waals surface area (Å²) in [7, 11) is 0. The second-order valence-corrected chi connectivity index (χ2v) is 5.36. The first kappa shape index (κ1) is 12.8. The highest BCUT2D eigenvalue weighted by Gasteiger charge is 2.12. The normalized spacial score (nSPS) is 12.4. The van der Waals surface area contributed by atoms with E-state index in [4.69, 9.17) is 0 Å². The summed E-state index contributed by atoms with van der Waals surface area (Å²) in [4.78, 5) is 12.5. The Bertz CT molecular complexity index is 530. The van der Waals surface area contributed by atoms with Crippen LogP contribution in [0.5, 0.6) is 0 Å². The van der Waals surface area contributed by atoms with Gasteiger partial charge in [0.2, 0.25) is 0 Å². The number of nitrogens with one attached hydrogen (secondary N) is 1. The van der Waals surface area contributed by atoms with Crippen molar-refractivity contribution in [2.75, 3.05) is 6.54 Å². The van der Waals surface area contributed by atoms with E-state index in [1.807, 2.05) is 49.0 Å². The van der Waals surface area contributed by atoms with Gasteiger partial charge in [-0.15, -0.1) is 11.3 Å². The monoisotopic (exact) mass is 263 g/mol. The van der Waals surface area contributed by atoms with Gasteiger partial charge < -0.3 is 5.32 Å². The molecule has 18 heavy (non-hydrogen) atoms. The van der Waals surface area contributed by atoms with E-state index in [9.17, 15) is 4.79 Å². The van der Waals surface area contributed by atoms with Crippen molar-refractivity contribution in [1.82, 2.24) is 15.1 Å². The van der Waals surface area contributed by atoms with Gasteiger partial charge in [0.1, 0.15) is 0 Å². The van der Waals surface area contributed by atoms with Crippen LogP contribution in [0.1, 0.15) is 34.0 Å². The molecule has 0 aliphatic rings. The van der Waals surface area contributed by atoms with Crippen molar-refractivity contribution in [3.63, 3.8) is 0 Å². The Hall–Kier alpha value is -1.62. The second-order valence-electron chi connectivity index (χ2n) is 4.41. The molecule has 1 atom stereocenters. The molecule has 2 heterocycles. The highest BCUT2D eigenvalue weighted by Crippen LogP contribution is 2.11. The minimum atomic E-state index is -0.0154. The number of hydrogen-bond donors (Lipinski definition) is 1. The lowest BCUT2D eigenvalue weighted by atomic mass is 10.3. The number of thiophene rings is 1. The van der Waals surface area contributed by atoms with E-state index in [0.29, 0.717) is 6.54 Å². The van der Waals surface area contributed by atoms with Crippen molar-refractivity contribution in [3.8, 4) is 0 Å². The molecule has 5 heteroatoms. The summed E-state index contributed by atoms with van der Waals surface area (Å²) in [6.07, 6.45) is 0. The first-order chi connectivity index (χ1) is 8.58. The van der Waals surface area contributed by atoms with Crippen molar-refractivity contribution >= 4 is 17.2 Å². The van der Waals surface area contributed by atoms with Gasteiger partial charge in [-0.1, -0.05) is 6.07 Å². The zero-order chi connectivity index (χ0) is 13.1. The van der Waals surface area contributed by atoms with E-state index in [1.54, 1.807) is 0 Å². The first-order valence-electron chi connectivity index (χ1n) is 5.92. The van der Waals surface area contributed by atoms with Gasteiger partial charge in [-0.05, 0) is 38.3 Å². The van der Waals surface area contributed by atoms with Crippen molar-refractivity contribution < 1.29 is 4.79 Å². The summed E-state index contributed by atoms with van der Waals surface area (Å²) in [5.41, 5.74) is 2.12. The van der Waals surface area contributed by atoms with Gasteiger partial charge >= 0.3 is 0 Å². The van der Waals surface area contributed by atoms with Crippen molar-refractivity contribution in [2.45, 2.75) is 26.8 Å². The highest BCUT2D eigenvalue weighted by atomic mass is 32.1. The molecule has 0 saturated heterocycles. The zero-order valence-corrected chi connectivity index (χ0v) is 11.6. The summed E-state index contributed by atoms with van der Waals surface area (Å²) >= 11 is 1.45. The van der Waals surface area contributed by atoms with Crippen LogP contribution in [0.4, 0.5) is 0 Å². The smallest absolute Gasteiger partial charge is 0.261 e. The van der Waals surface area contributed by atoms with Gasteiger partial charge in [0.25, 0.3) is 5.91 Å². The van der Waals surface area contributed by atoms with Gasteiger partial charge in [0.05, 0.1) is 16.6 Å². The van der Waals surface area contributed by atoms with Gasteiger partial charge in [-0.2, -0.15) is 5.10 Å². The van der Waals surface area contributed by atoms with Crippen LogP contribution in [-0.4, -0.2) is 22.2 Å².